The molecule has 4 rings (SSSR count). The van der Waals surface area contributed by atoms with Crippen molar-refractivity contribution in [2.75, 3.05) is 12.8 Å². The number of fused-ring (bicyclic) bond motifs is 2. The van der Waals surface area contributed by atoms with Crippen LogP contribution in [0.4, 0.5) is 11.5 Å². The Hall–Kier alpha value is -3.59. The van der Waals surface area contributed by atoms with Crippen molar-refractivity contribution < 1.29 is 4.74 Å². The third-order valence-corrected chi connectivity index (χ3v) is 4.57. The normalized spacial score (nSPS) is 11.0. The van der Waals surface area contributed by atoms with Crippen LogP contribution in [0.3, 0.4) is 0 Å². The Bertz CT molecular complexity index is 1220. The van der Waals surface area contributed by atoms with Crippen LogP contribution < -0.4 is 10.5 Å². The monoisotopic (exact) mass is 343 g/mol. The molecule has 4 aromatic rings. The van der Waals surface area contributed by atoms with E-state index >= 15 is 0 Å². The van der Waals surface area contributed by atoms with Crippen LogP contribution in [0.2, 0.25) is 0 Å². The molecular formula is C20H17N5O. The zero-order valence-corrected chi connectivity index (χ0v) is 14.7. The maximum atomic E-state index is 7.56. The lowest BCUT2D eigenvalue weighted by molar-refractivity contribution is 0.414. The summed E-state index contributed by atoms with van der Waals surface area (Å²) in [6, 6.07) is 11.6. The number of hydrogen-bond donors (Lipinski definition) is 1. The molecule has 0 unspecified atom stereocenters. The van der Waals surface area contributed by atoms with Crippen LogP contribution in [0.25, 0.3) is 32.7 Å². The van der Waals surface area contributed by atoms with Crippen LogP contribution in [0.15, 0.2) is 36.4 Å². The summed E-state index contributed by atoms with van der Waals surface area (Å²) in [5, 5.41) is 0. The summed E-state index contributed by atoms with van der Waals surface area (Å²) in [6.45, 7) is 11.5. The molecule has 0 radical (unpaired) electrons. The molecule has 2 aromatic heterocycles. The van der Waals surface area contributed by atoms with Crippen LogP contribution in [-0.4, -0.2) is 21.6 Å². The molecule has 0 amide bonds. The molecule has 0 bridgehead atoms. The zero-order chi connectivity index (χ0) is 18.4. The van der Waals surface area contributed by atoms with Crippen molar-refractivity contribution in [3.63, 3.8) is 0 Å². The Morgan fingerprint density at radius 1 is 1.08 bits per heavy atom. The molecule has 2 heterocycles. The zero-order valence-electron chi connectivity index (χ0n) is 14.7. The Morgan fingerprint density at radius 3 is 2.62 bits per heavy atom. The first kappa shape index (κ1) is 15.9. The van der Waals surface area contributed by atoms with E-state index in [9.17, 15) is 0 Å². The lowest BCUT2D eigenvalue weighted by Gasteiger charge is -2.13. The van der Waals surface area contributed by atoms with Gasteiger partial charge in [0.25, 0.3) is 5.69 Å². The molecule has 0 spiro atoms. The Kier molecular flexibility index (Phi) is 3.51. The van der Waals surface area contributed by atoms with Crippen molar-refractivity contribution in [3.05, 3.63) is 58.9 Å². The Morgan fingerprint density at radius 2 is 1.88 bits per heavy atom. The number of methoxy groups -OCH3 is 1. The van der Waals surface area contributed by atoms with Gasteiger partial charge < -0.3 is 10.5 Å². The summed E-state index contributed by atoms with van der Waals surface area (Å²) in [7, 11) is 1.62. The van der Waals surface area contributed by atoms with Crippen molar-refractivity contribution in [2.45, 2.75) is 13.8 Å². The summed E-state index contributed by atoms with van der Waals surface area (Å²) in [4.78, 5) is 13.1. The SMILES string of the molecule is [C-]#[N+]c1c(N)n(-c2cc(OC)ccc2C)c2nc3c(C)cccc3nc12. The van der Waals surface area contributed by atoms with Crippen molar-refractivity contribution >= 4 is 33.7 Å². The van der Waals surface area contributed by atoms with Gasteiger partial charge in [-0.1, -0.05) is 18.2 Å². The van der Waals surface area contributed by atoms with E-state index in [1.54, 1.807) is 11.7 Å². The minimum Gasteiger partial charge on any atom is -0.497 e. The third-order valence-electron chi connectivity index (χ3n) is 4.57. The molecule has 6 heteroatoms. The molecule has 0 fully saturated rings. The van der Waals surface area contributed by atoms with E-state index in [2.05, 4.69) is 9.83 Å². The molecule has 2 N–H and O–H groups in total. The van der Waals surface area contributed by atoms with Crippen LogP contribution in [0.5, 0.6) is 5.75 Å². The lowest BCUT2D eigenvalue weighted by Crippen LogP contribution is -2.03. The van der Waals surface area contributed by atoms with Gasteiger partial charge in [0.2, 0.25) is 0 Å². The number of benzene rings is 2. The molecule has 0 atom stereocenters. The van der Waals surface area contributed by atoms with E-state index in [0.29, 0.717) is 28.4 Å². The van der Waals surface area contributed by atoms with Crippen molar-refractivity contribution in [2.24, 2.45) is 0 Å². The maximum absolute atomic E-state index is 7.56. The van der Waals surface area contributed by atoms with Crippen molar-refractivity contribution in [3.8, 4) is 11.4 Å². The highest BCUT2D eigenvalue weighted by atomic mass is 16.5. The van der Waals surface area contributed by atoms with Crippen LogP contribution in [-0.2, 0) is 0 Å². The Balaban J connectivity index is 2.18. The minimum absolute atomic E-state index is 0.318. The Labute approximate surface area is 150 Å². The topological polar surface area (TPSA) is 70.3 Å². The molecule has 6 nitrogen and oxygen atoms in total. The van der Waals surface area contributed by atoms with Crippen LogP contribution in [0, 0.1) is 20.4 Å². The van der Waals surface area contributed by atoms with Gasteiger partial charge in [-0.2, -0.15) is 0 Å². The second-order valence-electron chi connectivity index (χ2n) is 6.17. The fourth-order valence-electron chi connectivity index (χ4n) is 3.18. The lowest BCUT2D eigenvalue weighted by atomic mass is 10.2. The fourth-order valence-corrected chi connectivity index (χ4v) is 3.18. The number of hydrogen-bond acceptors (Lipinski definition) is 4. The molecule has 0 aliphatic carbocycles. The van der Waals surface area contributed by atoms with E-state index in [1.165, 1.54) is 0 Å². The molecule has 2 aromatic carbocycles. The predicted molar refractivity (Wildman–Crippen MR) is 103 cm³/mol. The molecular weight excluding hydrogens is 326 g/mol. The van der Waals surface area contributed by atoms with E-state index in [4.69, 9.17) is 22.0 Å². The molecule has 0 saturated heterocycles. The van der Waals surface area contributed by atoms with Crippen molar-refractivity contribution in [1.82, 2.24) is 14.5 Å². The summed E-state index contributed by atoms with van der Waals surface area (Å²) >= 11 is 0. The number of para-hydroxylation sites is 1. The van der Waals surface area contributed by atoms with E-state index in [-0.39, 0.29) is 0 Å². The number of anilines is 1. The minimum atomic E-state index is 0.318. The summed E-state index contributed by atoms with van der Waals surface area (Å²) in [6.07, 6.45) is 0. The first-order valence-corrected chi connectivity index (χ1v) is 8.15. The molecule has 0 saturated carbocycles. The number of aromatic nitrogens is 3. The summed E-state index contributed by atoms with van der Waals surface area (Å²) < 4.78 is 7.15. The number of rotatable bonds is 2. The van der Waals surface area contributed by atoms with Gasteiger partial charge in [-0.25, -0.2) is 9.83 Å². The fraction of sp³-hybridized carbons (Fsp3) is 0.150. The van der Waals surface area contributed by atoms with Gasteiger partial charge in [-0.05, 0) is 37.1 Å². The summed E-state index contributed by atoms with van der Waals surface area (Å²) in [5.74, 6) is 1.04. The van der Waals surface area contributed by atoms with Gasteiger partial charge in [0.05, 0.1) is 30.4 Å². The number of nitrogens with two attached hydrogens (primary N) is 1. The first-order chi connectivity index (χ1) is 12.5. The van der Waals surface area contributed by atoms with E-state index < -0.39 is 0 Å². The average Bonchev–Trinajstić information content (AvgIpc) is 2.91. The molecule has 128 valence electrons. The number of nitrogen functional groups attached to an aromatic ring is 1. The molecule has 26 heavy (non-hydrogen) atoms. The highest BCUT2D eigenvalue weighted by Gasteiger charge is 2.21. The first-order valence-electron chi connectivity index (χ1n) is 8.15. The van der Waals surface area contributed by atoms with Gasteiger partial charge in [0.1, 0.15) is 17.1 Å². The summed E-state index contributed by atoms with van der Waals surface area (Å²) in [5.41, 5.74) is 12.2. The van der Waals surface area contributed by atoms with Gasteiger partial charge in [0.15, 0.2) is 5.65 Å². The van der Waals surface area contributed by atoms with Gasteiger partial charge in [0, 0.05) is 6.07 Å². The largest absolute Gasteiger partial charge is 0.497 e. The van der Waals surface area contributed by atoms with Crippen LogP contribution in [0.1, 0.15) is 11.1 Å². The number of aryl methyl sites for hydroxylation is 2. The number of ether oxygens (including phenoxy) is 1. The highest BCUT2D eigenvalue weighted by molar-refractivity contribution is 6.00. The smallest absolute Gasteiger partial charge is 0.255 e. The maximum Gasteiger partial charge on any atom is 0.255 e. The van der Waals surface area contributed by atoms with E-state index in [1.807, 2.05) is 50.2 Å². The molecule has 0 aliphatic heterocycles. The van der Waals surface area contributed by atoms with Gasteiger partial charge >= 0.3 is 0 Å². The second kappa shape index (κ2) is 5.74. The third kappa shape index (κ3) is 2.18. The van der Waals surface area contributed by atoms with Gasteiger partial charge in [-0.15, -0.1) is 0 Å². The number of nitrogens with zero attached hydrogens (tertiary/aromatic N) is 4. The quantitative estimate of drug-likeness (QED) is 0.550. The predicted octanol–water partition coefficient (Wildman–Crippen LogP) is 4.33. The van der Waals surface area contributed by atoms with Crippen LogP contribution >= 0.6 is 0 Å². The average molecular weight is 343 g/mol. The standard InChI is InChI=1S/C20H17N5O/c1-11-8-9-13(26-4)10-15(11)25-19(21)17(22-3)18-20(25)24-16-12(2)6-5-7-14(16)23-18/h5-10H,21H2,1-2,4H3. The second-order valence-corrected chi connectivity index (χ2v) is 6.17. The molecule has 0 aliphatic rings. The highest BCUT2D eigenvalue weighted by Crippen LogP contribution is 2.38. The van der Waals surface area contributed by atoms with E-state index in [0.717, 1.165) is 27.8 Å². The van der Waals surface area contributed by atoms with Gasteiger partial charge in [-0.3, -0.25) is 9.55 Å². The van der Waals surface area contributed by atoms with Crippen molar-refractivity contribution in [1.29, 1.82) is 0 Å².